The van der Waals surface area contributed by atoms with Crippen molar-refractivity contribution in [3.8, 4) is 0 Å². The van der Waals surface area contributed by atoms with Crippen molar-refractivity contribution in [2.75, 3.05) is 7.11 Å². The van der Waals surface area contributed by atoms with Crippen LogP contribution in [0, 0.1) is 0 Å². The molecule has 0 aromatic carbocycles. The van der Waals surface area contributed by atoms with Crippen molar-refractivity contribution in [3.05, 3.63) is 11.6 Å². The lowest BCUT2D eigenvalue weighted by Gasteiger charge is -2.43. The van der Waals surface area contributed by atoms with E-state index in [1.807, 2.05) is 0 Å². The Labute approximate surface area is 162 Å². The summed E-state index contributed by atoms with van der Waals surface area (Å²) in [5.74, 6) is -1.34. The van der Waals surface area contributed by atoms with Crippen LogP contribution >= 0.6 is 0 Å². The summed E-state index contributed by atoms with van der Waals surface area (Å²) in [6.45, 7) is 10.5. The molecule has 1 spiro atoms. The Balaban J connectivity index is 1.93. The molecule has 3 aliphatic rings. The third-order valence-corrected chi connectivity index (χ3v) is 11.0. The lowest BCUT2D eigenvalue weighted by molar-refractivity contribution is -0.198. The summed E-state index contributed by atoms with van der Waals surface area (Å²) in [6, 6.07) is 0. The van der Waals surface area contributed by atoms with Gasteiger partial charge in [0.15, 0.2) is 20.3 Å². The van der Waals surface area contributed by atoms with E-state index in [-0.39, 0.29) is 10.6 Å². The lowest BCUT2D eigenvalue weighted by atomic mass is 9.90. The summed E-state index contributed by atoms with van der Waals surface area (Å²) < 4.78 is 39.3. The summed E-state index contributed by atoms with van der Waals surface area (Å²) in [5, 5.41) is -0.0865. The number of fused-ring (bicyclic) bond motifs is 1. The van der Waals surface area contributed by atoms with Crippen molar-refractivity contribution in [3.63, 3.8) is 0 Å². The molecular formula is C20H33FO5Si. The van der Waals surface area contributed by atoms with Crippen molar-refractivity contribution < 1.29 is 27.8 Å². The molecule has 0 bridgehead atoms. The number of carbonyl (C=O) groups is 1. The topological polar surface area (TPSA) is 54.0 Å². The maximum absolute atomic E-state index is 15.5. The van der Waals surface area contributed by atoms with Crippen LogP contribution in [0.1, 0.15) is 52.9 Å². The molecule has 1 aliphatic heterocycles. The number of carbonyl (C=O) groups excluding carboxylic acids is 1. The molecule has 27 heavy (non-hydrogen) atoms. The molecule has 2 fully saturated rings. The second-order valence-electron chi connectivity index (χ2n) is 9.49. The molecule has 1 heterocycles. The highest BCUT2D eigenvalue weighted by molar-refractivity contribution is 6.74. The highest BCUT2D eigenvalue weighted by Gasteiger charge is 2.57. The van der Waals surface area contributed by atoms with Crippen LogP contribution in [0.2, 0.25) is 18.1 Å². The van der Waals surface area contributed by atoms with Crippen molar-refractivity contribution in [1.82, 2.24) is 0 Å². The molecule has 1 saturated heterocycles. The number of ether oxygens (including phenoxy) is 3. The van der Waals surface area contributed by atoms with Crippen LogP contribution in [0.5, 0.6) is 0 Å². The van der Waals surface area contributed by atoms with Gasteiger partial charge in [0.1, 0.15) is 18.3 Å². The zero-order valence-electron chi connectivity index (χ0n) is 17.3. The number of hydrogen-bond donors (Lipinski definition) is 0. The zero-order valence-corrected chi connectivity index (χ0v) is 18.3. The number of hydrogen-bond acceptors (Lipinski definition) is 5. The molecule has 5 nitrogen and oxygen atoms in total. The van der Waals surface area contributed by atoms with Gasteiger partial charge in [-0.2, -0.15) is 0 Å². The molecule has 1 saturated carbocycles. The van der Waals surface area contributed by atoms with Crippen LogP contribution in [-0.2, 0) is 23.4 Å². The highest BCUT2D eigenvalue weighted by Crippen LogP contribution is 2.47. The predicted molar refractivity (Wildman–Crippen MR) is 103 cm³/mol. The van der Waals surface area contributed by atoms with Gasteiger partial charge >= 0.3 is 5.97 Å². The number of rotatable bonds is 3. The van der Waals surface area contributed by atoms with Gasteiger partial charge in [-0.15, -0.1) is 0 Å². The maximum atomic E-state index is 15.5. The van der Waals surface area contributed by atoms with Crippen LogP contribution in [0.3, 0.4) is 0 Å². The van der Waals surface area contributed by atoms with Gasteiger partial charge in [-0.3, -0.25) is 0 Å². The molecule has 0 radical (unpaired) electrons. The van der Waals surface area contributed by atoms with E-state index in [0.717, 1.165) is 32.1 Å². The normalized spacial score (nSPS) is 33.5. The highest BCUT2D eigenvalue weighted by atomic mass is 28.4. The minimum atomic E-state index is -2.28. The number of halogens is 1. The van der Waals surface area contributed by atoms with E-state index in [1.165, 1.54) is 7.11 Å². The second-order valence-corrected chi connectivity index (χ2v) is 14.3. The van der Waals surface area contributed by atoms with Crippen molar-refractivity contribution in [2.24, 2.45) is 0 Å². The first-order chi connectivity index (χ1) is 12.5. The molecular weight excluding hydrogens is 367 g/mol. The Morgan fingerprint density at radius 2 is 1.85 bits per heavy atom. The van der Waals surface area contributed by atoms with Crippen LogP contribution in [-0.4, -0.2) is 51.7 Å². The Morgan fingerprint density at radius 1 is 1.22 bits per heavy atom. The van der Waals surface area contributed by atoms with Crippen molar-refractivity contribution in [1.29, 1.82) is 0 Å². The lowest BCUT2D eigenvalue weighted by Crippen LogP contribution is -2.55. The molecule has 0 aromatic heterocycles. The summed E-state index contributed by atoms with van der Waals surface area (Å²) in [5.41, 5.74) is -0.0149. The number of methoxy groups -OCH3 is 1. The first-order valence-electron chi connectivity index (χ1n) is 9.97. The average molecular weight is 401 g/mol. The fourth-order valence-corrected chi connectivity index (χ4v) is 5.21. The van der Waals surface area contributed by atoms with E-state index in [1.54, 1.807) is 6.08 Å². The Hall–Kier alpha value is -0.763. The fourth-order valence-electron chi connectivity index (χ4n) is 3.92. The fraction of sp³-hybridized carbons (Fsp3) is 0.850. The van der Waals surface area contributed by atoms with E-state index in [2.05, 4.69) is 33.9 Å². The Kier molecular flexibility index (Phi) is 5.62. The third kappa shape index (κ3) is 3.88. The molecule has 3 rings (SSSR count). The Morgan fingerprint density at radius 3 is 2.41 bits per heavy atom. The maximum Gasteiger partial charge on any atom is 0.336 e. The van der Waals surface area contributed by atoms with Gasteiger partial charge < -0.3 is 18.6 Å². The van der Waals surface area contributed by atoms with Crippen LogP contribution in [0.25, 0.3) is 0 Å². The summed E-state index contributed by atoms with van der Waals surface area (Å²) in [7, 11) is -1.02. The molecule has 2 aliphatic carbocycles. The van der Waals surface area contributed by atoms with Crippen LogP contribution in [0.15, 0.2) is 11.6 Å². The average Bonchev–Trinajstić information content (AvgIpc) is 2.93. The van der Waals surface area contributed by atoms with Gasteiger partial charge in [-0.25, -0.2) is 9.18 Å². The van der Waals surface area contributed by atoms with Gasteiger partial charge in [0.05, 0.1) is 12.7 Å². The van der Waals surface area contributed by atoms with Gasteiger partial charge in [-0.05, 0) is 37.0 Å². The van der Waals surface area contributed by atoms with Crippen molar-refractivity contribution in [2.45, 2.75) is 101 Å². The largest absolute Gasteiger partial charge is 0.466 e. The minimum Gasteiger partial charge on any atom is -0.466 e. The standard InChI is InChI=1S/C20H33FO5Si/c1-19(2,3)27(5,6)26-17-15(21)13(18(22)23-4)12-14-16(17)25-20(24-14)10-8-7-9-11-20/h12,14-17H,7-11H2,1-6H3/t14-,15+,16-,17-/m1/s1. The number of alkyl halides is 1. The van der Waals surface area contributed by atoms with E-state index in [0.29, 0.717) is 0 Å². The smallest absolute Gasteiger partial charge is 0.336 e. The van der Waals surface area contributed by atoms with E-state index in [9.17, 15) is 4.79 Å². The molecule has 154 valence electrons. The van der Waals surface area contributed by atoms with Gasteiger partial charge in [0.25, 0.3) is 0 Å². The first kappa shape index (κ1) is 21.0. The molecule has 0 unspecified atom stereocenters. The minimum absolute atomic E-state index is 0.0149. The first-order valence-corrected chi connectivity index (χ1v) is 12.9. The predicted octanol–water partition coefficient (Wildman–Crippen LogP) is 4.27. The summed E-state index contributed by atoms with van der Waals surface area (Å²) in [4.78, 5) is 12.2. The second kappa shape index (κ2) is 7.24. The summed E-state index contributed by atoms with van der Waals surface area (Å²) in [6.07, 6.45) is 2.88. The summed E-state index contributed by atoms with van der Waals surface area (Å²) >= 11 is 0. The van der Waals surface area contributed by atoms with Gasteiger partial charge in [0.2, 0.25) is 0 Å². The molecule has 0 amide bonds. The Bertz CT molecular complexity index is 606. The monoisotopic (exact) mass is 400 g/mol. The zero-order chi connectivity index (χ0) is 20.0. The van der Waals surface area contributed by atoms with E-state index < -0.39 is 44.6 Å². The third-order valence-electron chi connectivity index (χ3n) is 6.55. The van der Waals surface area contributed by atoms with Crippen LogP contribution in [0.4, 0.5) is 4.39 Å². The number of esters is 1. The SMILES string of the molecule is COC(=O)C1=C[C@H]2OC3(CCCCC3)O[C@H]2[C@H](O[Si](C)(C)C(C)(C)C)[C@H]1F. The van der Waals surface area contributed by atoms with E-state index in [4.69, 9.17) is 18.6 Å². The van der Waals surface area contributed by atoms with Crippen LogP contribution < -0.4 is 0 Å². The van der Waals surface area contributed by atoms with E-state index >= 15 is 4.39 Å². The van der Waals surface area contributed by atoms with Gasteiger partial charge in [0, 0.05) is 12.8 Å². The molecule has 4 atom stereocenters. The quantitative estimate of drug-likeness (QED) is 0.523. The molecule has 7 heteroatoms. The molecule has 0 N–H and O–H groups in total. The van der Waals surface area contributed by atoms with Crippen molar-refractivity contribution >= 4 is 14.3 Å². The van der Waals surface area contributed by atoms with Gasteiger partial charge in [-0.1, -0.05) is 27.2 Å². The molecule has 0 aromatic rings.